The van der Waals surface area contributed by atoms with Crippen LogP contribution in [-0.2, 0) is 11.2 Å². The number of aryl methyl sites for hydroxylation is 2. The Labute approximate surface area is 124 Å². The Hall–Kier alpha value is -2.30. The maximum absolute atomic E-state index is 11.7. The van der Waals surface area contributed by atoms with Gasteiger partial charge in [0.1, 0.15) is 5.76 Å². The molecule has 0 atom stereocenters. The lowest BCUT2D eigenvalue weighted by Gasteiger charge is -2.06. The summed E-state index contributed by atoms with van der Waals surface area (Å²) in [6, 6.07) is 12.1. The van der Waals surface area contributed by atoms with E-state index in [0.29, 0.717) is 25.3 Å². The predicted molar refractivity (Wildman–Crippen MR) is 82.1 cm³/mol. The number of carbonyl (C=O) groups is 1. The van der Waals surface area contributed by atoms with Crippen LogP contribution in [0.2, 0.25) is 0 Å². The third-order valence-corrected chi connectivity index (χ3v) is 3.09. The quantitative estimate of drug-likeness (QED) is 0.732. The Balaban J connectivity index is 1.53. The van der Waals surface area contributed by atoms with E-state index in [1.165, 1.54) is 5.56 Å². The van der Waals surface area contributed by atoms with Crippen molar-refractivity contribution in [3.63, 3.8) is 0 Å². The van der Waals surface area contributed by atoms with Gasteiger partial charge in [0.2, 0.25) is 5.91 Å². The molecular weight excluding hydrogens is 266 g/mol. The van der Waals surface area contributed by atoms with E-state index < -0.39 is 0 Å². The molecule has 0 saturated heterocycles. The third-order valence-electron chi connectivity index (χ3n) is 3.09. The van der Waals surface area contributed by atoms with Crippen LogP contribution in [0.3, 0.4) is 0 Å². The number of nitrogens with one attached hydrogen (secondary N) is 2. The first-order valence-electron chi connectivity index (χ1n) is 7.22. The van der Waals surface area contributed by atoms with Crippen molar-refractivity contribution >= 4 is 11.7 Å². The lowest BCUT2D eigenvalue weighted by molar-refractivity contribution is -0.120. The summed E-state index contributed by atoms with van der Waals surface area (Å²) < 4.78 is 4.93. The van der Waals surface area contributed by atoms with Gasteiger partial charge in [0.25, 0.3) is 0 Å². The van der Waals surface area contributed by atoms with Crippen molar-refractivity contribution in [2.45, 2.75) is 26.2 Å². The van der Waals surface area contributed by atoms with Crippen LogP contribution in [0.4, 0.5) is 5.82 Å². The number of hydrogen-bond acceptors (Lipinski definition) is 4. The summed E-state index contributed by atoms with van der Waals surface area (Å²) in [5, 5.41) is 9.77. The maximum atomic E-state index is 11.7. The molecule has 21 heavy (non-hydrogen) atoms. The molecule has 2 aromatic rings. The Morgan fingerprint density at radius 3 is 2.76 bits per heavy atom. The van der Waals surface area contributed by atoms with Crippen LogP contribution in [0.1, 0.15) is 24.2 Å². The number of hydrogen-bond donors (Lipinski definition) is 2. The van der Waals surface area contributed by atoms with Gasteiger partial charge in [-0.3, -0.25) is 4.79 Å². The van der Waals surface area contributed by atoms with Gasteiger partial charge in [-0.2, -0.15) is 0 Å². The molecule has 2 N–H and O–H groups in total. The van der Waals surface area contributed by atoms with Crippen LogP contribution in [0, 0.1) is 6.92 Å². The van der Waals surface area contributed by atoms with Crippen LogP contribution in [-0.4, -0.2) is 24.2 Å². The van der Waals surface area contributed by atoms with Crippen molar-refractivity contribution in [1.29, 1.82) is 0 Å². The van der Waals surface area contributed by atoms with Gasteiger partial charge in [-0.15, -0.1) is 0 Å². The van der Waals surface area contributed by atoms with Crippen LogP contribution in [0.25, 0.3) is 0 Å². The number of benzene rings is 1. The molecule has 0 aliphatic rings. The molecule has 0 radical (unpaired) electrons. The minimum atomic E-state index is 0.0516. The second-order valence-corrected chi connectivity index (χ2v) is 4.94. The zero-order valence-corrected chi connectivity index (χ0v) is 12.3. The highest BCUT2D eigenvalue weighted by molar-refractivity contribution is 5.76. The van der Waals surface area contributed by atoms with Gasteiger partial charge in [0, 0.05) is 25.6 Å². The molecule has 0 spiro atoms. The van der Waals surface area contributed by atoms with E-state index in [-0.39, 0.29) is 5.91 Å². The molecule has 0 bridgehead atoms. The molecule has 0 unspecified atom stereocenters. The Kier molecular flexibility index (Phi) is 5.82. The molecule has 0 aliphatic carbocycles. The lowest BCUT2D eigenvalue weighted by Crippen LogP contribution is -2.26. The normalized spacial score (nSPS) is 10.3. The summed E-state index contributed by atoms with van der Waals surface area (Å²) in [5.74, 6) is 1.48. The highest BCUT2D eigenvalue weighted by atomic mass is 16.5. The summed E-state index contributed by atoms with van der Waals surface area (Å²) in [7, 11) is 0. The fourth-order valence-electron chi connectivity index (χ4n) is 2.01. The molecule has 0 aliphatic heterocycles. The molecule has 0 saturated carbocycles. The van der Waals surface area contributed by atoms with E-state index in [1.54, 1.807) is 6.07 Å². The zero-order valence-electron chi connectivity index (χ0n) is 12.3. The van der Waals surface area contributed by atoms with Crippen LogP contribution < -0.4 is 10.6 Å². The van der Waals surface area contributed by atoms with E-state index in [0.717, 1.165) is 18.6 Å². The van der Waals surface area contributed by atoms with Crippen molar-refractivity contribution in [2.75, 3.05) is 18.4 Å². The predicted octanol–water partition coefficient (Wildman–Crippen LogP) is 2.53. The first-order chi connectivity index (χ1) is 10.2. The Morgan fingerprint density at radius 2 is 2.05 bits per heavy atom. The van der Waals surface area contributed by atoms with E-state index >= 15 is 0 Å². The second kappa shape index (κ2) is 8.09. The van der Waals surface area contributed by atoms with Gasteiger partial charge in [-0.1, -0.05) is 35.5 Å². The van der Waals surface area contributed by atoms with Crippen LogP contribution >= 0.6 is 0 Å². The Morgan fingerprint density at radius 1 is 1.24 bits per heavy atom. The fourth-order valence-corrected chi connectivity index (χ4v) is 2.01. The number of amides is 1. The minimum Gasteiger partial charge on any atom is -0.367 e. The van der Waals surface area contributed by atoms with Crippen molar-refractivity contribution in [3.8, 4) is 0 Å². The topological polar surface area (TPSA) is 67.2 Å². The van der Waals surface area contributed by atoms with Crippen molar-refractivity contribution in [3.05, 3.63) is 47.7 Å². The summed E-state index contributed by atoms with van der Waals surface area (Å²) in [4.78, 5) is 11.7. The zero-order chi connectivity index (χ0) is 14.9. The molecule has 5 heteroatoms. The number of carbonyl (C=O) groups excluding carboxylic acids is 1. The standard InChI is InChI=1S/C16H21N3O2/c1-13-12-15(19-21-13)17-11-9-16(20)18-10-5-8-14-6-3-2-4-7-14/h2-4,6-7,12H,5,8-11H2,1H3,(H,17,19)(H,18,20). The average Bonchev–Trinajstić information content (AvgIpc) is 2.90. The van der Waals surface area contributed by atoms with Crippen LogP contribution in [0.15, 0.2) is 40.9 Å². The summed E-state index contributed by atoms with van der Waals surface area (Å²) in [6.07, 6.45) is 2.36. The van der Waals surface area contributed by atoms with Crippen molar-refractivity contribution in [2.24, 2.45) is 0 Å². The van der Waals surface area contributed by atoms with E-state index in [1.807, 2.05) is 25.1 Å². The highest BCUT2D eigenvalue weighted by Gasteiger charge is 2.02. The molecule has 2 rings (SSSR count). The van der Waals surface area contributed by atoms with Crippen LogP contribution in [0.5, 0.6) is 0 Å². The summed E-state index contributed by atoms with van der Waals surface area (Å²) in [6.45, 7) is 3.09. The minimum absolute atomic E-state index is 0.0516. The monoisotopic (exact) mass is 287 g/mol. The van der Waals surface area contributed by atoms with Gasteiger partial charge in [-0.05, 0) is 25.3 Å². The molecule has 112 valence electrons. The molecule has 1 aromatic carbocycles. The molecule has 1 heterocycles. The smallest absolute Gasteiger partial charge is 0.221 e. The first-order valence-corrected chi connectivity index (χ1v) is 7.22. The number of rotatable bonds is 8. The number of nitrogens with zero attached hydrogens (tertiary/aromatic N) is 1. The van der Waals surface area contributed by atoms with Crippen molar-refractivity contribution in [1.82, 2.24) is 10.5 Å². The summed E-state index contributed by atoms with van der Waals surface area (Å²) >= 11 is 0. The van der Waals surface area contributed by atoms with Crippen molar-refractivity contribution < 1.29 is 9.32 Å². The molecule has 5 nitrogen and oxygen atoms in total. The molecule has 1 aromatic heterocycles. The van der Waals surface area contributed by atoms with Gasteiger partial charge in [0.05, 0.1) is 0 Å². The maximum Gasteiger partial charge on any atom is 0.221 e. The average molecular weight is 287 g/mol. The van der Waals surface area contributed by atoms with E-state index in [2.05, 4.69) is 27.9 Å². The summed E-state index contributed by atoms with van der Waals surface area (Å²) in [5.41, 5.74) is 1.30. The number of anilines is 1. The largest absolute Gasteiger partial charge is 0.367 e. The lowest BCUT2D eigenvalue weighted by atomic mass is 10.1. The Bertz CT molecular complexity index is 552. The van der Waals surface area contributed by atoms with Gasteiger partial charge in [-0.25, -0.2) is 0 Å². The number of aromatic nitrogens is 1. The highest BCUT2D eigenvalue weighted by Crippen LogP contribution is 2.06. The second-order valence-electron chi connectivity index (χ2n) is 4.94. The molecule has 0 fully saturated rings. The third kappa shape index (κ3) is 5.69. The first kappa shape index (κ1) is 15.1. The van der Waals surface area contributed by atoms with E-state index in [9.17, 15) is 4.79 Å². The fraction of sp³-hybridized carbons (Fsp3) is 0.375. The molecular formula is C16H21N3O2. The van der Waals surface area contributed by atoms with Gasteiger partial charge >= 0.3 is 0 Å². The molecule has 1 amide bonds. The SMILES string of the molecule is Cc1cc(NCCC(=O)NCCCc2ccccc2)no1. The van der Waals surface area contributed by atoms with Gasteiger partial charge < -0.3 is 15.2 Å². The van der Waals surface area contributed by atoms with Gasteiger partial charge in [0.15, 0.2) is 5.82 Å². The van der Waals surface area contributed by atoms with E-state index in [4.69, 9.17) is 4.52 Å².